The van der Waals surface area contributed by atoms with Gasteiger partial charge in [-0.15, -0.1) is 10.2 Å². The first-order valence-corrected chi connectivity index (χ1v) is 8.04. The van der Waals surface area contributed by atoms with Crippen LogP contribution in [0.5, 0.6) is 0 Å². The van der Waals surface area contributed by atoms with Gasteiger partial charge in [-0.3, -0.25) is 4.79 Å². The van der Waals surface area contributed by atoms with Crippen molar-refractivity contribution >= 4 is 39.1 Å². The van der Waals surface area contributed by atoms with Crippen molar-refractivity contribution in [3.05, 3.63) is 40.4 Å². The van der Waals surface area contributed by atoms with Gasteiger partial charge < -0.3 is 10.3 Å². The third-order valence-electron chi connectivity index (χ3n) is 2.91. The Bertz CT molecular complexity index is 829. The number of aromatic amines is 1. The molecule has 2 aromatic heterocycles. The number of para-hydroxylation sites is 1. The number of hydrogen-bond donors (Lipinski definition) is 2. The van der Waals surface area contributed by atoms with Gasteiger partial charge in [0.15, 0.2) is 4.34 Å². The number of fused-ring (bicyclic) bond motifs is 1. The zero-order valence-corrected chi connectivity index (χ0v) is 13.1. The topological polar surface area (TPSA) is 83.6 Å². The van der Waals surface area contributed by atoms with E-state index in [2.05, 4.69) is 25.5 Å². The minimum atomic E-state index is -0.115. The Labute approximate surface area is 129 Å². The molecule has 0 amide bonds. The lowest BCUT2D eigenvalue weighted by molar-refractivity contribution is 0.916. The Morgan fingerprint density at radius 1 is 1.33 bits per heavy atom. The summed E-state index contributed by atoms with van der Waals surface area (Å²) in [5.41, 5.74) is 0.591. The lowest BCUT2D eigenvalue weighted by atomic mass is 10.2. The summed E-state index contributed by atoms with van der Waals surface area (Å²) in [6, 6.07) is 7.32. The molecule has 0 spiro atoms. The van der Waals surface area contributed by atoms with Crippen LogP contribution in [0.2, 0.25) is 0 Å². The van der Waals surface area contributed by atoms with Crippen molar-refractivity contribution in [2.75, 3.05) is 12.4 Å². The van der Waals surface area contributed by atoms with E-state index in [4.69, 9.17) is 0 Å². The number of benzene rings is 1. The maximum absolute atomic E-state index is 12.1. The van der Waals surface area contributed by atoms with E-state index in [9.17, 15) is 4.79 Å². The average Bonchev–Trinajstić information content (AvgIpc) is 2.95. The molecule has 2 heterocycles. The molecule has 0 bridgehead atoms. The van der Waals surface area contributed by atoms with Crippen LogP contribution in [-0.4, -0.2) is 27.2 Å². The zero-order valence-electron chi connectivity index (χ0n) is 11.5. The SMILES string of the molecule is CNc1nnc(S[C@H](C)c2nc3ccccc3c(=O)[nH]2)s1. The Morgan fingerprint density at radius 2 is 2.14 bits per heavy atom. The second-order valence-electron chi connectivity index (χ2n) is 4.35. The maximum atomic E-state index is 12.1. The number of H-pyrrole nitrogens is 1. The van der Waals surface area contributed by atoms with Crippen LogP contribution in [0.15, 0.2) is 33.4 Å². The molecule has 0 saturated heterocycles. The van der Waals surface area contributed by atoms with Crippen LogP contribution in [0.4, 0.5) is 5.13 Å². The Hall–Kier alpha value is -1.93. The summed E-state index contributed by atoms with van der Waals surface area (Å²) >= 11 is 3.00. The molecule has 3 rings (SSSR count). The molecule has 0 aliphatic carbocycles. The lowest BCUT2D eigenvalue weighted by Crippen LogP contribution is -2.12. The van der Waals surface area contributed by atoms with Crippen molar-refractivity contribution in [2.45, 2.75) is 16.5 Å². The van der Waals surface area contributed by atoms with E-state index >= 15 is 0 Å². The zero-order chi connectivity index (χ0) is 14.8. The van der Waals surface area contributed by atoms with Crippen LogP contribution in [0.1, 0.15) is 18.0 Å². The molecule has 6 nitrogen and oxygen atoms in total. The second-order valence-corrected chi connectivity index (χ2v) is 6.92. The number of nitrogens with one attached hydrogen (secondary N) is 2. The van der Waals surface area contributed by atoms with Crippen molar-refractivity contribution < 1.29 is 0 Å². The summed E-state index contributed by atoms with van der Waals surface area (Å²) in [6.45, 7) is 1.98. The molecular weight excluding hydrogens is 306 g/mol. The van der Waals surface area contributed by atoms with Crippen LogP contribution >= 0.6 is 23.1 Å². The minimum absolute atomic E-state index is 0.0139. The standard InChI is InChI=1S/C13H13N5OS2/c1-7(20-13-18-17-12(14-2)21-13)10-15-9-6-4-3-5-8(9)11(19)16-10/h3-7H,1-2H3,(H,14,17)(H,15,16,19)/t7-/m1/s1. The molecule has 2 N–H and O–H groups in total. The van der Waals surface area contributed by atoms with Crippen molar-refractivity contribution in [2.24, 2.45) is 0 Å². The molecule has 0 unspecified atom stereocenters. The Kier molecular flexibility index (Phi) is 3.89. The molecule has 21 heavy (non-hydrogen) atoms. The third-order valence-corrected chi connectivity index (χ3v) is 5.05. The smallest absolute Gasteiger partial charge is 0.258 e. The van der Waals surface area contributed by atoms with Gasteiger partial charge in [-0.1, -0.05) is 35.2 Å². The van der Waals surface area contributed by atoms with E-state index in [0.29, 0.717) is 16.7 Å². The quantitative estimate of drug-likeness (QED) is 0.719. The van der Waals surface area contributed by atoms with Gasteiger partial charge in [0, 0.05) is 7.05 Å². The first kappa shape index (κ1) is 14.0. The van der Waals surface area contributed by atoms with E-state index in [1.165, 1.54) is 23.1 Å². The predicted molar refractivity (Wildman–Crippen MR) is 86.1 cm³/mol. The van der Waals surface area contributed by atoms with E-state index in [-0.39, 0.29) is 10.8 Å². The van der Waals surface area contributed by atoms with Crippen molar-refractivity contribution in [1.29, 1.82) is 0 Å². The number of rotatable bonds is 4. The van der Waals surface area contributed by atoms with Gasteiger partial charge in [-0.2, -0.15) is 0 Å². The molecule has 0 aliphatic heterocycles. The summed E-state index contributed by atoms with van der Waals surface area (Å²) in [7, 11) is 1.81. The first-order valence-electron chi connectivity index (χ1n) is 6.34. The summed E-state index contributed by atoms with van der Waals surface area (Å²) in [5.74, 6) is 0.643. The summed E-state index contributed by atoms with van der Waals surface area (Å²) in [6.07, 6.45) is 0. The highest BCUT2D eigenvalue weighted by Crippen LogP contribution is 2.35. The lowest BCUT2D eigenvalue weighted by Gasteiger charge is -2.08. The van der Waals surface area contributed by atoms with Crippen molar-refractivity contribution in [3.8, 4) is 0 Å². The number of anilines is 1. The molecule has 3 aromatic rings. The average molecular weight is 319 g/mol. The van der Waals surface area contributed by atoms with Gasteiger partial charge >= 0.3 is 0 Å². The van der Waals surface area contributed by atoms with Crippen LogP contribution in [0.25, 0.3) is 10.9 Å². The van der Waals surface area contributed by atoms with Crippen molar-refractivity contribution in [3.63, 3.8) is 0 Å². The van der Waals surface area contributed by atoms with Gasteiger partial charge in [-0.05, 0) is 19.1 Å². The highest BCUT2D eigenvalue weighted by molar-refractivity contribution is 8.01. The summed E-state index contributed by atoms with van der Waals surface area (Å²) in [5, 5.41) is 12.4. The van der Waals surface area contributed by atoms with Crippen LogP contribution in [0, 0.1) is 0 Å². The first-order chi connectivity index (χ1) is 10.2. The molecule has 108 valence electrons. The number of aromatic nitrogens is 4. The van der Waals surface area contributed by atoms with E-state index in [1.807, 2.05) is 25.1 Å². The Balaban J connectivity index is 1.90. The molecule has 0 saturated carbocycles. The predicted octanol–water partition coefficient (Wildman–Crippen LogP) is 2.67. The monoisotopic (exact) mass is 319 g/mol. The number of hydrogen-bond acceptors (Lipinski definition) is 7. The van der Waals surface area contributed by atoms with E-state index in [0.717, 1.165) is 9.47 Å². The van der Waals surface area contributed by atoms with E-state index in [1.54, 1.807) is 13.1 Å². The third kappa shape index (κ3) is 2.91. The van der Waals surface area contributed by atoms with Gasteiger partial charge in [0.1, 0.15) is 5.82 Å². The van der Waals surface area contributed by atoms with E-state index < -0.39 is 0 Å². The van der Waals surface area contributed by atoms with Gasteiger partial charge in [0.2, 0.25) is 5.13 Å². The number of nitrogens with zero attached hydrogens (tertiary/aromatic N) is 3. The van der Waals surface area contributed by atoms with Gasteiger partial charge in [0.05, 0.1) is 16.2 Å². The minimum Gasteiger partial charge on any atom is -0.363 e. The van der Waals surface area contributed by atoms with Gasteiger partial charge in [-0.25, -0.2) is 4.98 Å². The number of thioether (sulfide) groups is 1. The molecule has 8 heteroatoms. The Morgan fingerprint density at radius 3 is 2.90 bits per heavy atom. The molecule has 0 aliphatic rings. The van der Waals surface area contributed by atoms with Crippen LogP contribution < -0.4 is 10.9 Å². The molecule has 0 radical (unpaired) electrons. The van der Waals surface area contributed by atoms with Crippen LogP contribution in [0.3, 0.4) is 0 Å². The fourth-order valence-electron chi connectivity index (χ4n) is 1.86. The summed E-state index contributed by atoms with van der Waals surface area (Å²) < 4.78 is 0.836. The normalized spacial score (nSPS) is 12.5. The molecular formula is C13H13N5OS2. The fourth-order valence-corrected chi connectivity index (χ4v) is 3.77. The molecule has 1 aromatic carbocycles. The summed E-state index contributed by atoms with van der Waals surface area (Å²) in [4.78, 5) is 19.4. The molecule has 1 atom stereocenters. The fraction of sp³-hybridized carbons (Fsp3) is 0.231. The largest absolute Gasteiger partial charge is 0.363 e. The second kappa shape index (κ2) is 5.82. The highest BCUT2D eigenvalue weighted by atomic mass is 32.2. The van der Waals surface area contributed by atoms with Gasteiger partial charge in [0.25, 0.3) is 5.56 Å². The molecule has 0 fully saturated rings. The van der Waals surface area contributed by atoms with Crippen molar-refractivity contribution in [1.82, 2.24) is 20.2 Å². The highest BCUT2D eigenvalue weighted by Gasteiger charge is 2.15. The maximum Gasteiger partial charge on any atom is 0.258 e. The van der Waals surface area contributed by atoms with Crippen LogP contribution in [-0.2, 0) is 0 Å².